The number of imide groups is 1. The molecule has 1 heterocycles. The molecule has 7 heteroatoms. The Hall–Kier alpha value is -2.02. The summed E-state index contributed by atoms with van der Waals surface area (Å²) >= 11 is 1.91. The number of hydrogen-bond acceptors (Lipinski definition) is 4. The van der Waals surface area contributed by atoms with Gasteiger partial charge in [-0.2, -0.15) is 0 Å². The van der Waals surface area contributed by atoms with Gasteiger partial charge in [0.2, 0.25) is 11.8 Å². The van der Waals surface area contributed by atoms with Gasteiger partial charge in [-0.1, -0.05) is 18.2 Å². The maximum absolute atomic E-state index is 11.8. The highest BCUT2D eigenvalue weighted by Crippen LogP contribution is 2.51. The van der Waals surface area contributed by atoms with E-state index in [1.165, 1.54) is 22.6 Å². The molecular weight excluding hydrogens is 348 g/mol. The zero-order chi connectivity index (χ0) is 18.4. The third-order valence-corrected chi connectivity index (χ3v) is 6.19. The molecule has 26 heavy (non-hydrogen) atoms. The van der Waals surface area contributed by atoms with Gasteiger partial charge in [0, 0.05) is 49.2 Å². The number of piperidine rings is 1. The molecular formula is C19H26N4O2S. The predicted molar refractivity (Wildman–Crippen MR) is 104 cm³/mol. The van der Waals surface area contributed by atoms with E-state index >= 15 is 0 Å². The molecule has 0 aromatic heterocycles. The highest BCUT2D eigenvalue weighted by atomic mass is 32.2. The number of hydrogen-bond donors (Lipinski definition) is 2. The number of thioether (sulfide) groups is 1. The monoisotopic (exact) mass is 374 g/mol. The first-order valence-electron chi connectivity index (χ1n) is 9.14. The summed E-state index contributed by atoms with van der Waals surface area (Å²) in [4.78, 5) is 30.5. The van der Waals surface area contributed by atoms with Crippen LogP contribution in [0.3, 0.4) is 0 Å². The minimum Gasteiger partial charge on any atom is -0.355 e. The van der Waals surface area contributed by atoms with Gasteiger partial charge in [-0.3, -0.25) is 19.5 Å². The molecule has 2 amide bonds. The Labute approximate surface area is 158 Å². The second-order valence-electron chi connectivity index (χ2n) is 6.74. The van der Waals surface area contributed by atoms with Gasteiger partial charge in [-0.15, -0.1) is 11.8 Å². The third kappa shape index (κ3) is 5.00. The van der Waals surface area contributed by atoms with E-state index in [-0.39, 0.29) is 16.6 Å². The van der Waals surface area contributed by atoms with Crippen molar-refractivity contribution < 1.29 is 9.59 Å². The Kier molecular flexibility index (Phi) is 6.19. The van der Waals surface area contributed by atoms with E-state index in [2.05, 4.69) is 39.9 Å². The Balaban J connectivity index is 1.42. The van der Waals surface area contributed by atoms with Crippen LogP contribution in [0.15, 0.2) is 40.2 Å². The number of nitrogens with one attached hydrogen (secondary N) is 2. The molecule has 3 rings (SSSR count). The van der Waals surface area contributed by atoms with Gasteiger partial charge >= 0.3 is 0 Å². The van der Waals surface area contributed by atoms with E-state index in [9.17, 15) is 9.59 Å². The van der Waals surface area contributed by atoms with Crippen molar-refractivity contribution in [2.75, 3.05) is 26.7 Å². The van der Waals surface area contributed by atoms with Crippen LogP contribution in [0, 0.1) is 0 Å². The van der Waals surface area contributed by atoms with Crippen molar-refractivity contribution in [1.29, 1.82) is 0 Å². The van der Waals surface area contributed by atoms with Crippen LogP contribution >= 0.6 is 11.8 Å². The molecule has 0 radical (unpaired) electrons. The van der Waals surface area contributed by atoms with E-state index in [0.717, 1.165) is 6.54 Å². The van der Waals surface area contributed by atoms with Gasteiger partial charge in [-0.25, -0.2) is 0 Å². The van der Waals surface area contributed by atoms with Crippen LogP contribution in [0.5, 0.6) is 0 Å². The molecule has 1 saturated heterocycles. The first-order valence-corrected chi connectivity index (χ1v) is 9.95. The van der Waals surface area contributed by atoms with E-state index < -0.39 is 0 Å². The molecule has 0 spiro atoms. The molecule has 2 aliphatic rings. The molecule has 0 atom stereocenters. The summed E-state index contributed by atoms with van der Waals surface area (Å²) in [6.45, 7) is 1.74. The maximum Gasteiger partial charge on any atom is 0.229 e. The average molecular weight is 375 g/mol. The van der Waals surface area contributed by atoms with Gasteiger partial charge < -0.3 is 10.6 Å². The van der Waals surface area contributed by atoms with Gasteiger partial charge in [0.15, 0.2) is 5.96 Å². The molecule has 0 bridgehead atoms. The van der Waals surface area contributed by atoms with Crippen LogP contribution in [-0.4, -0.2) is 54.1 Å². The van der Waals surface area contributed by atoms with Crippen LogP contribution in [0.4, 0.5) is 0 Å². The topological polar surface area (TPSA) is 73.8 Å². The quantitative estimate of drug-likeness (QED) is 0.434. The summed E-state index contributed by atoms with van der Waals surface area (Å²) in [6.07, 6.45) is 3.99. The molecule has 140 valence electrons. The van der Waals surface area contributed by atoms with Gasteiger partial charge in [0.1, 0.15) is 0 Å². The SMILES string of the molecule is CN=C(NCCN1C(=O)CCCC1=O)NCC1(Sc2ccccc2)CC1. The Bertz CT molecular complexity index is 657. The number of amides is 2. The molecule has 1 aromatic rings. The fourth-order valence-electron chi connectivity index (χ4n) is 2.99. The van der Waals surface area contributed by atoms with E-state index in [1.807, 2.05) is 17.8 Å². The van der Waals surface area contributed by atoms with Crippen LogP contribution < -0.4 is 10.6 Å². The third-order valence-electron chi connectivity index (χ3n) is 4.70. The van der Waals surface area contributed by atoms with Crippen LogP contribution in [0.2, 0.25) is 0 Å². The van der Waals surface area contributed by atoms with Gasteiger partial charge in [0.05, 0.1) is 0 Å². The van der Waals surface area contributed by atoms with Crippen molar-refractivity contribution in [3.63, 3.8) is 0 Å². The highest BCUT2D eigenvalue weighted by Gasteiger charge is 2.43. The minimum absolute atomic E-state index is 0.0674. The molecule has 6 nitrogen and oxygen atoms in total. The molecule has 1 aliphatic carbocycles. The summed E-state index contributed by atoms with van der Waals surface area (Å²) in [6, 6.07) is 10.4. The van der Waals surface area contributed by atoms with Crippen molar-refractivity contribution in [2.45, 2.75) is 41.7 Å². The molecule has 1 saturated carbocycles. The van der Waals surface area contributed by atoms with Crippen molar-refractivity contribution in [3.05, 3.63) is 30.3 Å². The lowest BCUT2D eigenvalue weighted by Crippen LogP contribution is -2.47. The fraction of sp³-hybridized carbons (Fsp3) is 0.526. The average Bonchev–Trinajstić information content (AvgIpc) is 3.40. The predicted octanol–water partition coefficient (Wildman–Crippen LogP) is 2.02. The Morgan fingerprint density at radius 3 is 2.46 bits per heavy atom. The number of benzene rings is 1. The molecule has 2 fully saturated rings. The zero-order valence-corrected chi connectivity index (χ0v) is 16.0. The standard InChI is InChI=1S/C19H26N4O2S/c1-20-18(21-12-13-23-16(24)8-5-9-17(23)25)22-14-19(10-11-19)26-15-6-3-2-4-7-15/h2-4,6-7H,5,8-14H2,1H3,(H2,20,21,22). The van der Waals surface area contributed by atoms with Crippen molar-refractivity contribution in [2.24, 2.45) is 4.99 Å². The molecule has 1 aromatic carbocycles. The summed E-state index contributed by atoms with van der Waals surface area (Å²) < 4.78 is 0.234. The van der Waals surface area contributed by atoms with E-state index in [4.69, 9.17) is 0 Å². The fourth-order valence-corrected chi connectivity index (χ4v) is 4.24. The van der Waals surface area contributed by atoms with Crippen LogP contribution in [0.1, 0.15) is 32.1 Å². The largest absolute Gasteiger partial charge is 0.355 e. The normalized spacial score (nSPS) is 19.4. The highest BCUT2D eigenvalue weighted by molar-refractivity contribution is 8.01. The van der Waals surface area contributed by atoms with Gasteiger partial charge in [0.25, 0.3) is 0 Å². The lowest BCUT2D eigenvalue weighted by atomic mass is 10.1. The van der Waals surface area contributed by atoms with Crippen molar-refractivity contribution in [1.82, 2.24) is 15.5 Å². The lowest BCUT2D eigenvalue weighted by molar-refractivity contribution is -0.147. The number of rotatable bonds is 7. The summed E-state index contributed by atoms with van der Waals surface area (Å²) in [7, 11) is 1.73. The number of aliphatic imine (C=N–C) groups is 1. The Morgan fingerprint density at radius 1 is 1.15 bits per heavy atom. The number of carbonyl (C=O) groups is 2. The lowest BCUT2D eigenvalue weighted by Gasteiger charge is -2.25. The first kappa shape index (κ1) is 18.8. The second-order valence-corrected chi connectivity index (χ2v) is 8.28. The van der Waals surface area contributed by atoms with Gasteiger partial charge in [-0.05, 0) is 31.4 Å². The Morgan fingerprint density at radius 2 is 1.85 bits per heavy atom. The minimum atomic E-state index is -0.0674. The second kappa shape index (κ2) is 8.58. The molecule has 0 unspecified atom stereocenters. The summed E-state index contributed by atoms with van der Waals surface area (Å²) in [5, 5.41) is 6.59. The van der Waals surface area contributed by atoms with Crippen molar-refractivity contribution in [3.8, 4) is 0 Å². The maximum atomic E-state index is 11.8. The van der Waals surface area contributed by atoms with E-state index in [1.54, 1.807) is 7.05 Å². The van der Waals surface area contributed by atoms with E-state index in [0.29, 0.717) is 38.3 Å². The number of guanidine groups is 1. The summed E-state index contributed by atoms with van der Waals surface area (Å²) in [5.74, 6) is 0.575. The molecule has 1 aliphatic heterocycles. The zero-order valence-electron chi connectivity index (χ0n) is 15.2. The number of nitrogens with zero attached hydrogens (tertiary/aromatic N) is 2. The van der Waals surface area contributed by atoms with Crippen LogP contribution in [0.25, 0.3) is 0 Å². The van der Waals surface area contributed by atoms with Crippen LogP contribution in [-0.2, 0) is 9.59 Å². The first-order chi connectivity index (χ1) is 12.6. The summed E-state index contributed by atoms with van der Waals surface area (Å²) in [5.41, 5.74) is 0. The number of likely N-dealkylation sites (tertiary alicyclic amines) is 1. The molecule has 2 N–H and O–H groups in total. The van der Waals surface area contributed by atoms with Crippen molar-refractivity contribution >= 4 is 29.5 Å². The smallest absolute Gasteiger partial charge is 0.229 e. The number of carbonyl (C=O) groups excluding carboxylic acids is 2.